The van der Waals surface area contributed by atoms with Crippen molar-refractivity contribution in [3.8, 4) is 0 Å². The molecule has 0 amide bonds. The van der Waals surface area contributed by atoms with Crippen LogP contribution in [0.3, 0.4) is 0 Å². The van der Waals surface area contributed by atoms with Gasteiger partial charge in [0.1, 0.15) is 16.8 Å². The maximum absolute atomic E-state index is 6.18. The third kappa shape index (κ3) is 3.17. The van der Waals surface area contributed by atoms with E-state index in [0.29, 0.717) is 17.5 Å². The van der Waals surface area contributed by atoms with Gasteiger partial charge in [-0.15, -0.1) is 0 Å². The molecule has 0 spiro atoms. The van der Waals surface area contributed by atoms with E-state index in [2.05, 4.69) is 19.9 Å². The van der Waals surface area contributed by atoms with Crippen molar-refractivity contribution >= 4 is 17.4 Å². The largest absolute Gasteiger partial charge is 0.353 e. The second-order valence-electron chi connectivity index (χ2n) is 4.27. The van der Waals surface area contributed by atoms with Gasteiger partial charge in [-0.3, -0.25) is 9.97 Å². The second kappa shape index (κ2) is 5.93. The highest BCUT2D eigenvalue weighted by atomic mass is 35.5. The van der Waals surface area contributed by atoms with Gasteiger partial charge in [-0.05, 0) is 13.3 Å². The van der Waals surface area contributed by atoms with Gasteiger partial charge in [0.2, 0.25) is 0 Å². The predicted molar refractivity (Wildman–Crippen MR) is 75.3 cm³/mol. The Morgan fingerprint density at radius 1 is 1.26 bits per heavy atom. The molecule has 0 aliphatic carbocycles. The number of anilines is 1. The molecule has 2 aromatic heterocycles. The zero-order valence-corrected chi connectivity index (χ0v) is 12.0. The minimum Gasteiger partial charge on any atom is -0.353 e. The molecule has 0 N–H and O–H groups in total. The molecule has 0 bridgehead atoms. The number of halogens is 1. The van der Waals surface area contributed by atoms with Crippen LogP contribution in [0, 0.1) is 6.92 Å². The molecule has 0 saturated carbocycles. The summed E-state index contributed by atoms with van der Waals surface area (Å²) in [7, 11) is 1.96. The fourth-order valence-electron chi connectivity index (χ4n) is 1.90. The van der Waals surface area contributed by atoms with E-state index in [-0.39, 0.29) is 0 Å². The van der Waals surface area contributed by atoms with Crippen LogP contribution in [-0.4, -0.2) is 27.0 Å². The fourth-order valence-corrected chi connectivity index (χ4v) is 2.24. The van der Waals surface area contributed by atoms with Crippen LogP contribution in [0.1, 0.15) is 24.0 Å². The molecule has 5 nitrogen and oxygen atoms in total. The molecule has 0 aliphatic rings. The average Bonchev–Trinajstić information content (AvgIpc) is 2.39. The van der Waals surface area contributed by atoms with Crippen molar-refractivity contribution < 1.29 is 0 Å². The highest BCUT2D eigenvalue weighted by Crippen LogP contribution is 2.24. The summed E-state index contributed by atoms with van der Waals surface area (Å²) in [5.74, 6) is 1.52. The van der Waals surface area contributed by atoms with Gasteiger partial charge in [0.15, 0.2) is 0 Å². The number of rotatable bonds is 4. The van der Waals surface area contributed by atoms with E-state index >= 15 is 0 Å². The molecule has 2 rings (SSSR count). The Balaban J connectivity index is 2.30. The molecule has 6 heteroatoms. The molecule has 0 aliphatic heterocycles. The first-order chi connectivity index (χ1) is 9.11. The lowest BCUT2D eigenvalue weighted by Gasteiger charge is -2.21. The van der Waals surface area contributed by atoms with Crippen LogP contribution in [0.15, 0.2) is 18.6 Å². The zero-order chi connectivity index (χ0) is 13.8. The van der Waals surface area contributed by atoms with Gasteiger partial charge in [-0.1, -0.05) is 18.5 Å². The average molecular weight is 278 g/mol. The molecule has 2 heterocycles. The number of aryl methyl sites for hydroxylation is 1. The number of nitrogens with zero attached hydrogens (tertiary/aromatic N) is 5. The molecule has 0 radical (unpaired) electrons. The van der Waals surface area contributed by atoms with Crippen molar-refractivity contribution in [1.82, 2.24) is 19.9 Å². The Labute approximate surface area is 117 Å². The van der Waals surface area contributed by atoms with Crippen LogP contribution in [0.2, 0.25) is 5.15 Å². The van der Waals surface area contributed by atoms with E-state index in [0.717, 1.165) is 23.5 Å². The molecule has 2 aromatic rings. The van der Waals surface area contributed by atoms with Crippen molar-refractivity contribution in [2.75, 3.05) is 11.9 Å². The minimum absolute atomic E-state index is 0.524. The zero-order valence-electron chi connectivity index (χ0n) is 11.3. The summed E-state index contributed by atoms with van der Waals surface area (Å²) in [6.07, 6.45) is 5.88. The SMILES string of the molecule is CCc1c(Cl)nc(C)nc1N(C)Cc1cnccn1. The molecular weight excluding hydrogens is 262 g/mol. The first-order valence-corrected chi connectivity index (χ1v) is 6.48. The van der Waals surface area contributed by atoms with Gasteiger partial charge in [0.25, 0.3) is 0 Å². The van der Waals surface area contributed by atoms with E-state index < -0.39 is 0 Å². The lowest BCUT2D eigenvalue weighted by Crippen LogP contribution is -2.21. The third-order valence-corrected chi connectivity index (χ3v) is 3.09. The third-order valence-electron chi connectivity index (χ3n) is 2.78. The molecule has 0 unspecified atom stereocenters. The van der Waals surface area contributed by atoms with Crippen molar-refractivity contribution in [3.05, 3.63) is 40.8 Å². The Kier molecular flexibility index (Phi) is 4.27. The lowest BCUT2D eigenvalue weighted by atomic mass is 10.2. The van der Waals surface area contributed by atoms with E-state index in [1.165, 1.54) is 0 Å². The Bertz CT molecular complexity index is 558. The molecule has 0 fully saturated rings. The van der Waals surface area contributed by atoms with Crippen molar-refractivity contribution in [3.63, 3.8) is 0 Å². The number of hydrogen-bond donors (Lipinski definition) is 0. The lowest BCUT2D eigenvalue weighted by molar-refractivity contribution is 0.830. The maximum Gasteiger partial charge on any atom is 0.138 e. The maximum atomic E-state index is 6.18. The van der Waals surface area contributed by atoms with Crippen LogP contribution in [0.4, 0.5) is 5.82 Å². The summed E-state index contributed by atoms with van der Waals surface area (Å²) < 4.78 is 0. The van der Waals surface area contributed by atoms with Crippen LogP contribution < -0.4 is 4.90 Å². The highest BCUT2D eigenvalue weighted by molar-refractivity contribution is 6.30. The molecule has 100 valence electrons. The van der Waals surface area contributed by atoms with Crippen LogP contribution in [-0.2, 0) is 13.0 Å². The molecule has 0 saturated heterocycles. The molecule has 0 atom stereocenters. The summed E-state index contributed by atoms with van der Waals surface area (Å²) >= 11 is 6.18. The Hall–Kier alpha value is -1.75. The van der Waals surface area contributed by atoms with Gasteiger partial charge in [0.05, 0.1) is 18.4 Å². The summed E-state index contributed by atoms with van der Waals surface area (Å²) in [5.41, 5.74) is 1.85. The van der Waals surface area contributed by atoms with Crippen molar-refractivity contribution in [2.45, 2.75) is 26.8 Å². The summed E-state index contributed by atoms with van der Waals surface area (Å²) in [5, 5.41) is 0.524. The summed E-state index contributed by atoms with van der Waals surface area (Å²) in [6.45, 7) is 4.51. The van der Waals surface area contributed by atoms with E-state index in [4.69, 9.17) is 11.6 Å². The first-order valence-electron chi connectivity index (χ1n) is 6.10. The first kappa shape index (κ1) is 13.7. The van der Waals surface area contributed by atoms with Gasteiger partial charge < -0.3 is 4.90 Å². The van der Waals surface area contributed by atoms with Crippen molar-refractivity contribution in [2.24, 2.45) is 0 Å². The second-order valence-corrected chi connectivity index (χ2v) is 4.63. The fraction of sp³-hybridized carbons (Fsp3) is 0.385. The quantitative estimate of drug-likeness (QED) is 0.804. The van der Waals surface area contributed by atoms with Crippen LogP contribution >= 0.6 is 11.6 Å². The summed E-state index contributed by atoms with van der Waals surface area (Å²) in [6, 6.07) is 0. The van der Waals surface area contributed by atoms with Gasteiger partial charge in [0, 0.05) is 25.0 Å². The molecular formula is C13H16ClN5. The van der Waals surface area contributed by atoms with Crippen LogP contribution in [0.25, 0.3) is 0 Å². The Morgan fingerprint density at radius 2 is 2.05 bits per heavy atom. The smallest absolute Gasteiger partial charge is 0.138 e. The normalized spacial score (nSPS) is 10.5. The predicted octanol–water partition coefficient (Wildman–Crippen LogP) is 2.43. The van der Waals surface area contributed by atoms with Gasteiger partial charge >= 0.3 is 0 Å². The van der Waals surface area contributed by atoms with Crippen molar-refractivity contribution in [1.29, 1.82) is 0 Å². The summed E-state index contributed by atoms with van der Waals surface area (Å²) in [4.78, 5) is 19.0. The van der Waals surface area contributed by atoms with E-state index in [1.54, 1.807) is 18.6 Å². The van der Waals surface area contributed by atoms with Gasteiger partial charge in [-0.25, -0.2) is 9.97 Å². The number of hydrogen-bond acceptors (Lipinski definition) is 5. The highest BCUT2D eigenvalue weighted by Gasteiger charge is 2.14. The standard InChI is InChI=1S/C13H16ClN5/c1-4-11-12(14)17-9(2)18-13(11)19(3)8-10-7-15-5-6-16-10/h5-7H,4,8H2,1-3H3. The molecule has 0 aromatic carbocycles. The van der Waals surface area contributed by atoms with Gasteiger partial charge in [-0.2, -0.15) is 0 Å². The van der Waals surface area contributed by atoms with Crippen LogP contribution in [0.5, 0.6) is 0 Å². The Morgan fingerprint density at radius 3 is 2.68 bits per heavy atom. The van der Waals surface area contributed by atoms with E-state index in [9.17, 15) is 0 Å². The molecule has 19 heavy (non-hydrogen) atoms. The topological polar surface area (TPSA) is 54.8 Å². The van der Waals surface area contributed by atoms with E-state index in [1.807, 2.05) is 25.8 Å². The monoisotopic (exact) mass is 277 g/mol. The minimum atomic E-state index is 0.524. The number of aromatic nitrogens is 4.